The standard InChI is InChI=1S/C30H39N5O6/c1-4-17(2)25(30(40)41)34-28(38)24(15-20-16-32-23-13-9-8-12-21(20)23)33-29(39)26(18(3)36)35-27(37)22(31)14-19-10-6-5-7-11-19/h5-13,16-18,22,24-26,32,36H,4,14-15,31H2,1-3H3,(H,33,39)(H,34,38)(H,35,37)(H,40,41). The minimum atomic E-state index is -1.41. The van der Waals surface area contributed by atoms with Crippen LogP contribution in [0, 0.1) is 5.92 Å². The maximum atomic E-state index is 13.4. The number of hydrogen-bond donors (Lipinski definition) is 7. The van der Waals surface area contributed by atoms with Gasteiger partial charge in [0.25, 0.3) is 0 Å². The predicted molar refractivity (Wildman–Crippen MR) is 155 cm³/mol. The first-order valence-corrected chi connectivity index (χ1v) is 13.7. The molecule has 3 amide bonds. The molecule has 0 saturated carbocycles. The van der Waals surface area contributed by atoms with E-state index in [1.807, 2.05) is 61.5 Å². The van der Waals surface area contributed by atoms with E-state index in [4.69, 9.17) is 5.73 Å². The number of nitrogens with two attached hydrogens (primary N) is 1. The van der Waals surface area contributed by atoms with Crippen molar-refractivity contribution in [3.8, 4) is 0 Å². The number of para-hydroxylation sites is 1. The Morgan fingerprint density at radius 2 is 1.49 bits per heavy atom. The van der Waals surface area contributed by atoms with E-state index in [1.54, 1.807) is 13.1 Å². The lowest BCUT2D eigenvalue weighted by atomic mass is 9.97. The van der Waals surface area contributed by atoms with Crippen LogP contribution in [-0.4, -0.2) is 69.2 Å². The number of nitrogens with one attached hydrogen (secondary N) is 4. The van der Waals surface area contributed by atoms with Crippen molar-refractivity contribution in [1.29, 1.82) is 0 Å². The van der Waals surface area contributed by atoms with Crippen LogP contribution in [0.15, 0.2) is 60.8 Å². The molecule has 8 N–H and O–H groups in total. The second-order valence-electron chi connectivity index (χ2n) is 10.4. The van der Waals surface area contributed by atoms with Gasteiger partial charge in [-0.3, -0.25) is 14.4 Å². The summed E-state index contributed by atoms with van der Waals surface area (Å²) in [5.41, 5.74) is 8.45. The van der Waals surface area contributed by atoms with E-state index in [2.05, 4.69) is 20.9 Å². The van der Waals surface area contributed by atoms with Crippen molar-refractivity contribution in [3.63, 3.8) is 0 Å². The molecule has 1 aromatic heterocycles. The van der Waals surface area contributed by atoms with Crippen LogP contribution in [0.5, 0.6) is 0 Å². The fourth-order valence-electron chi connectivity index (χ4n) is 4.55. The van der Waals surface area contributed by atoms with Gasteiger partial charge in [0.05, 0.1) is 12.1 Å². The van der Waals surface area contributed by atoms with Crippen molar-refractivity contribution < 1.29 is 29.4 Å². The maximum Gasteiger partial charge on any atom is 0.326 e. The molecule has 0 aliphatic carbocycles. The molecule has 11 nitrogen and oxygen atoms in total. The minimum absolute atomic E-state index is 0.0302. The van der Waals surface area contributed by atoms with Crippen molar-refractivity contribution in [3.05, 3.63) is 71.9 Å². The molecule has 1 heterocycles. The van der Waals surface area contributed by atoms with Gasteiger partial charge in [0.1, 0.15) is 18.1 Å². The SMILES string of the molecule is CCC(C)C(NC(=O)C(Cc1c[nH]c2ccccc12)NC(=O)C(NC(=O)C(N)Cc1ccccc1)C(C)O)C(=O)O. The van der Waals surface area contributed by atoms with Gasteiger partial charge in [0.2, 0.25) is 17.7 Å². The second kappa shape index (κ2) is 14.4. The van der Waals surface area contributed by atoms with Crippen LogP contribution in [0.1, 0.15) is 38.3 Å². The molecule has 0 spiro atoms. The summed E-state index contributed by atoms with van der Waals surface area (Å²) in [4.78, 5) is 54.7. The van der Waals surface area contributed by atoms with Crippen molar-refractivity contribution in [2.75, 3.05) is 0 Å². The third-order valence-electron chi connectivity index (χ3n) is 7.21. The molecule has 2 aromatic carbocycles. The molecule has 0 aliphatic rings. The van der Waals surface area contributed by atoms with Gasteiger partial charge in [-0.25, -0.2) is 4.79 Å². The maximum absolute atomic E-state index is 13.4. The Morgan fingerprint density at radius 3 is 2.12 bits per heavy atom. The number of hydrogen-bond acceptors (Lipinski definition) is 6. The fraction of sp³-hybridized carbons (Fsp3) is 0.400. The molecule has 11 heteroatoms. The van der Waals surface area contributed by atoms with Crippen LogP contribution in [0.3, 0.4) is 0 Å². The third-order valence-corrected chi connectivity index (χ3v) is 7.21. The number of carbonyl (C=O) groups excluding carboxylic acids is 3. The van der Waals surface area contributed by atoms with Gasteiger partial charge in [-0.1, -0.05) is 68.8 Å². The van der Waals surface area contributed by atoms with Crippen molar-refractivity contribution in [2.45, 2.75) is 70.3 Å². The van der Waals surface area contributed by atoms with Crippen LogP contribution in [-0.2, 0) is 32.0 Å². The second-order valence-corrected chi connectivity index (χ2v) is 10.4. The van der Waals surface area contributed by atoms with Crippen LogP contribution in [0.2, 0.25) is 0 Å². The summed E-state index contributed by atoms with van der Waals surface area (Å²) in [6.45, 7) is 4.87. The molecule has 41 heavy (non-hydrogen) atoms. The lowest BCUT2D eigenvalue weighted by molar-refractivity contribution is -0.144. The van der Waals surface area contributed by atoms with Gasteiger partial charge in [-0.15, -0.1) is 0 Å². The highest BCUT2D eigenvalue weighted by Gasteiger charge is 2.34. The molecular formula is C30H39N5O6. The first-order valence-electron chi connectivity index (χ1n) is 13.7. The van der Waals surface area contributed by atoms with Gasteiger partial charge < -0.3 is 36.9 Å². The van der Waals surface area contributed by atoms with E-state index >= 15 is 0 Å². The number of aromatic amines is 1. The minimum Gasteiger partial charge on any atom is -0.480 e. The Kier molecular flexibility index (Phi) is 11.0. The normalized spacial score (nSPS) is 15.6. The zero-order valence-electron chi connectivity index (χ0n) is 23.5. The topological polar surface area (TPSA) is 187 Å². The van der Waals surface area contributed by atoms with E-state index in [0.717, 1.165) is 22.0 Å². The molecule has 0 aliphatic heterocycles. The average molecular weight is 566 g/mol. The Bertz CT molecular complexity index is 1340. The van der Waals surface area contributed by atoms with E-state index in [-0.39, 0.29) is 18.8 Å². The summed E-state index contributed by atoms with van der Waals surface area (Å²) in [5.74, 6) is -3.71. The number of amides is 3. The third kappa shape index (κ3) is 8.38. The zero-order valence-corrected chi connectivity index (χ0v) is 23.5. The molecule has 220 valence electrons. The molecular weight excluding hydrogens is 526 g/mol. The lowest BCUT2D eigenvalue weighted by Gasteiger charge is -2.27. The number of carboxylic acids is 1. The quantitative estimate of drug-likeness (QED) is 0.153. The number of benzene rings is 2. The number of fused-ring (bicyclic) bond motifs is 1. The highest BCUT2D eigenvalue weighted by Crippen LogP contribution is 2.20. The predicted octanol–water partition coefficient (Wildman–Crippen LogP) is 1.25. The van der Waals surface area contributed by atoms with Crippen LogP contribution in [0.4, 0.5) is 0 Å². The highest BCUT2D eigenvalue weighted by molar-refractivity contribution is 5.95. The van der Waals surface area contributed by atoms with E-state index < -0.39 is 54.0 Å². The summed E-state index contributed by atoms with van der Waals surface area (Å²) in [6, 6.07) is 11.8. The monoisotopic (exact) mass is 565 g/mol. The number of aliphatic hydroxyl groups is 1. The summed E-state index contributed by atoms with van der Waals surface area (Å²) in [6.07, 6.45) is 1.17. The number of H-pyrrole nitrogens is 1. The van der Waals surface area contributed by atoms with Crippen LogP contribution in [0.25, 0.3) is 10.9 Å². The number of aliphatic hydroxyl groups excluding tert-OH is 1. The summed E-state index contributed by atoms with van der Waals surface area (Å²) >= 11 is 0. The summed E-state index contributed by atoms with van der Waals surface area (Å²) in [5, 5.41) is 28.6. The fourth-order valence-corrected chi connectivity index (χ4v) is 4.55. The average Bonchev–Trinajstić information content (AvgIpc) is 3.36. The van der Waals surface area contributed by atoms with Crippen molar-refractivity contribution >= 4 is 34.6 Å². The van der Waals surface area contributed by atoms with Crippen LogP contribution >= 0.6 is 0 Å². The van der Waals surface area contributed by atoms with Gasteiger partial charge in [-0.2, -0.15) is 0 Å². The first-order chi connectivity index (χ1) is 19.5. The highest BCUT2D eigenvalue weighted by atomic mass is 16.4. The summed E-state index contributed by atoms with van der Waals surface area (Å²) < 4.78 is 0. The molecule has 0 bridgehead atoms. The molecule has 6 atom stereocenters. The molecule has 0 saturated heterocycles. The van der Waals surface area contributed by atoms with Gasteiger partial charge in [0.15, 0.2) is 0 Å². The molecule has 0 radical (unpaired) electrons. The Morgan fingerprint density at radius 1 is 0.854 bits per heavy atom. The van der Waals surface area contributed by atoms with Gasteiger partial charge in [-0.05, 0) is 36.5 Å². The van der Waals surface area contributed by atoms with E-state index in [0.29, 0.717) is 6.42 Å². The number of aromatic nitrogens is 1. The summed E-state index contributed by atoms with van der Waals surface area (Å²) in [7, 11) is 0. The molecule has 0 fully saturated rings. The van der Waals surface area contributed by atoms with Crippen molar-refractivity contribution in [2.24, 2.45) is 11.7 Å². The Labute approximate surface area is 238 Å². The van der Waals surface area contributed by atoms with E-state index in [9.17, 15) is 29.4 Å². The van der Waals surface area contributed by atoms with E-state index in [1.165, 1.54) is 6.92 Å². The number of carboxylic acid groups (broad SMARTS) is 1. The van der Waals surface area contributed by atoms with Gasteiger partial charge >= 0.3 is 5.97 Å². The first kappa shape index (κ1) is 31.3. The lowest BCUT2D eigenvalue weighted by Crippen LogP contribution is -2.60. The molecule has 3 aromatic rings. The number of aliphatic carboxylic acids is 1. The largest absolute Gasteiger partial charge is 0.480 e. The van der Waals surface area contributed by atoms with Gasteiger partial charge in [0, 0.05) is 23.5 Å². The number of carbonyl (C=O) groups is 4. The number of rotatable bonds is 14. The molecule has 6 unspecified atom stereocenters. The van der Waals surface area contributed by atoms with Crippen molar-refractivity contribution in [1.82, 2.24) is 20.9 Å². The van der Waals surface area contributed by atoms with Crippen LogP contribution < -0.4 is 21.7 Å². The Balaban J connectivity index is 1.81. The smallest absolute Gasteiger partial charge is 0.326 e. The molecule has 3 rings (SSSR count). The Hall–Kier alpha value is -4.22. The zero-order chi connectivity index (χ0) is 30.1.